The molecule has 2 unspecified atom stereocenters. The quantitative estimate of drug-likeness (QED) is 0.715. The minimum absolute atomic E-state index is 0.132. The zero-order valence-corrected chi connectivity index (χ0v) is 11.6. The molecular weight excluding hydrogens is 240 g/mol. The Balaban J connectivity index is 1.93. The van der Waals surface area contributed by atoms with Crippen LogP contribution < -0.4 is 15.8 Å². The van der Waals surface area contributed by atoms with Crippen LogP contribution in [0.5, 0.6) is 5.75 Å². The molecule has 0 radical (unpaired) electrons. The van der Waals surface area contributed by atoms with E-state index in [0.717, 1.165) is 37.2 Å². The van der Waals surface area contributed by atoms with E-state index in [0.29, 0.717) is 18.2 Å². The number of aliphatic hydroxyl groups excluding tert-OH is 1. The number of aliphatic hydroxyl groups is 1. The average molecular weight is 264 g/mol. The van der Waals surface area contributed by atoms with Crippen LogP contribution >= 0.6 is 0 Å². The van der Waals surface area contributed by atoms with Gasteiger partial charge in [0.15, 0.2) is 0 Å². The fourth-order valence-electron chi connectivity index (χ4n) is 2.68. The molecule has 1 aliphatic carbocycles. The van der Waals surface area contributed by atoms with Gasteiger partial charge in [0, 0.05) is 6.54 Å². The van der Waals surface area contributed by atoms with Crippen molar-refractivity contribution in [1.29, 1.82) is 0 Å². The van der Waals surface area contributed by atoms with Crippen LogP contribution in [0.25, 0.3) is 0 Å². The monoisotopic (exact) mass is 264 g/mol. The van der Waals surface area contributed by atoms with Crippen LogP contribution in [0.4, 0.5) is 11.4 Å². The van der Waals surface area contributed by atoms with Crippen molar-refractivity contribution in [2.45, 2.75) is 38.7 Å². The summed E-state index contributed by atoms with van der Waals surface area (Å²) in [6, 6.07) is 5.80. The van der Waals surface area contributed by atoms with E-state index >= 15 is 0 Å². The van der Waals surface area contributed by atoms with Crippen molar-refractivity contribution in [3.8, 4) is 5.75 Å². The van der Waals surface area contributed by atoms with Crippen LogP contribution in [0, 0.1) is 5.92 Å². The van der Waals surface area contributed by atoms with Crippen LogP contribution in [0.2, 0.25) is 0 Å². The molecule has 0 saturated heterocycles. The first-order valence-corrected chi connectivity index (χ1v) is 7.14. The minimum atomic E-state index is -0.132. The summed E-state index contributed by atoms with van der Waals surface area (Å²) >= 11 is 0. The summed E-state index contributed by atoms with van der Waals surface area (Å²) in [5.74, 6) is 1.26. The molecule has 1 saturated carbocycles. The standard InChI is InChI=1S/C15H24N2O2/c1-2-19-14-8-4-7-13(15(14)16)17-10-11-5-3-6-12(18)9-11/h4,7-8,11-12,17-18H,2-3,5-6,9-10,16H2,1H3. The van der Waals surface area contributed by atoms with Gasteiger partial charge in [0.25, 0.3) is 0 Å². The molecule has 0 aromatic heterocycles. The van der Waals surface area contributed by atoms with Gasteiger partial charge in [0.05, 0.1) is 24.1 Å². The molecule has 4 heteroatoms. The molecule has 0 amide bonds. The number of anilines is 2. The van der Waals surface area contributed by atoms with Crippen LogP contribution in [0.3, 0.4) is 0 Å². The molecule has 2 rings (SSSR count). The van der Waals surface area contributed by atoms with E-state index in [4.69, 9.17) is 10.5 Å². The Kier molecular flexibility index (Phi) is 4.91. The third kappa shape index (κ3) is 3.77. The Labute approximate surface area is 115 Å². The molecule has 0 heterocycles. The van der Waals surface area contributed by atoms with E-state index in [1.54, 1.807) is 0 Å². The summed E-state index contributed by atoms with van der Waals surface area (Å²) < 4.78 is 5.48. The lowest BCUT2D eigenvalue weighted by Gasteiger charge is -2.26. The largest absolute Gasteiger partial charge is 0.492 e. The lowest BCUT2D eigenvalue weighted by atomic mass is 9.87. The molecule has 4 N–H and O–H groups in total. The van der Waals surface area contributed by atoms with E-state index in [9.17, 15) is 5.11 Å². The van der Waals surface area contributed by atoms with Crippen molar-refractivity contribution in [2.75, 3.05) is 24.2 Å². The van der Waals surface area contributed by atoms with E-state index in [1.807, 2.05) is 25.1 Å². The fourth-order valence-corrected chi connectivity index (χ4v) is 2.68. The Morgan fingerprint density at radius 2 is 2.26 bits per heavy atom. The highest BCUT2D eigenvalue weighted by Gasteiger charge is 2.20. The molecular formula is C15H24N2O2. The zero-order chi connectivity index (χ0) is 13.7. The van der Waals surface area contributed by atoms with Crippen molar-refractivity contribution in [2.24, 2.45) is 5.92 Å². The summed E-state index contributed by atoms with van der Waals surface area (Å²) in [7, 11) is 0. The number of ether oxygens (including phenoxy) is 1. The second-order valence-electron chi connectivity index (χ2n) is 5.22. The lowest BCUT2D eigenvalue weighted by Crippen LogP contribution is -2.25. The summed E-state index contributed by atoms with van der Waals surface area (Å²) in [4.78, 5) is 0. The van der Waals surface area contributed by atoms with Crippen molar-refractivity contribution in [3.63, 3.8) is 0 Å². The van der Waals surface area contributed by atoms with Gasteiger partial charge in [-0.2, -0.15) is 0 Å². The maximum atomic E-state index is 9.67. The normalized spacial score (nSPS) is 23.1. The number of nitrogen functional groups attached to an aromatic ring is 1. The molecule has 19 heavy (non-hydrogen) atoms. The minimum Gasteiger partial charge on any atom is -0.492 e. The highest BCUT2D eigenvalue weighted by molar-refractivity contribution is 5.72. The lowest BCUT2D eigenvalue weighted by molar-refractivity contribution is 0.105. The highest BCUT2D eigenvalue weighted by Crippen LogP contribution is 2.30. The van der Waals surface area contributed by atoms with Gasteiger partial charge in [0.1, 0.15) is 5.75 Å². The number of nitrogens with one attached hydrogen (secondary N) is 1. The summed E-state index contributed by atoms with van der Waals surface area (Å²) in [6.07, 6.45) is 3.99. The van der Waals surface area contributed by atoms with E-state index in [1.165, 1.54) is 6.42 Å². The van der Waals surface area contributed by atoms with Crippen molar-refractivity contribution in [3.05, 3.63) is 18.2 Å². The van der Waals surface area contributed by atoms with Gasteiger partial charge in [-0.15, -0.1) is 0 Å². The molecule has 0 spiro atoms. The van der Waals surface area contributed by atoms with Crippen LogP contribution in [-0.4, -0.2) is 24.4 Å². The molecule has 4 nitrogen and oxygen atoms in total. The number of hydrogen-bond acceptors (Lipinski definition) is 4. The molecule has 2 atom stereocenters. The molecule has 1 aliphatic rings. The third-order valence-corrected chi connectivity index (χ3v) is 3.70. The van der Waals surface area contributed by atoms with Crippen molar-refractivity contribution in [1.82, 2.24) is 0 Å². The van der Waals surface area contributed by atoms with E-state index in [-0.39, 0.29) is 6.10 Å². The molecule has 1 aromatic carbocycles. The predicted molar refractivity (Wildman–Crippen MR) is 78.5 cm³/mol. The van der Waals surface area contributed by atoms with Crippen LogP contribution in [0.15, 0.2) is 18.2 Å². The second kappa shape index (κ2) is 6.66. The number of rotatable bonds is 5. The smallest absolute Gasteiger partial charge is 0.144 e. The average Bonchev–Trinajstić information content (AvgIpc) is 2.40. The number of nitrogens with two attached hydrogens (primary N) is 1. The molecule has 1 aromatic rings. The van der Waals surface area contributed by atoms with Gasteiger partial charge in [-0.3, -0.25) is 0 Å². The van der Waals surface area contributed by atoms with Gasteiger partial charge in [-0.25, -0.2) is 0 Å². The molecule has 0 aliphatic heterocycles. The zero-order valence-electron chi connectivity index (χ0n) is 11.6. The Hall–Kier alpha value is -1.42. The first kappa shape index (κ1) is 14.0. The van der Waals surface area contributed by atoms with E-state index in [2.05, 4.69) is 5.32 Å². The van der Waals surface area contributed by atoms with Gasteiger partial charge in [-0.1, -0.05) is 12.5 Å². The first-order chi connectivity index (χ1) is 9.20. The summed E-state index contributed by atoms with van der Waals surface area (Å²) in [5.41, 5.74) is 7.66. The molecule has 0 bridgehead atoms. The second-order valence-corrected chi connectivity index (χ2v) is 5.22. The van der Waals surface area contributed by atoms with Gasteiger partial charge >= 0.3 is 0 Å². The third-order valence-electron chi connectivity index (χ3n) is 3.70. The Morgan fingerprint density at radius 3 is 3.00 bits per heavy atom. The SMILES string of the molecule is CCOc1cccc(NCC2CCCC(O)C2)c1N. The summed E-state index contributed by atoms with van der Waals surface area (Å²) in [6.45, 7) is 3.42. The maximum Gasteiger partial charge on any atom is 0.144 e. The Morgan fingerprint density at radius 1 is 1.42 bits per heavy atom. The fraction of sp³-hybridized carbons (Fsp3) is 0.600. The maximum absolute atomic E-state index is 9.67. The number of benzene rings is 1. The number of para-hydroxylation sites is 1. The molecule has 106 valence electrons. The molecule has 1 fully saturated rings. The number of hydrogen-bond donors (Lipinski definition) is 3. The Bertz CT molecular complexity index is 409. The van der Waals surface area contributed by atoms with Crippen LogP contribution in [0.1, 0.15) is 32.6 Å². The summed E-state index contributed by atoms with van der Waals surface area (Å²) in [5, 5.41) is 13.1. The predicted octanol–water partition coefficient (Wildman–Crippen LogP) is 2.63. The topological polar surface area (TPSA) is 67.5 Å². The van der Waals surface area contributed by atoms with E-state index < -0.39 is 0 Å². The van der Waals surface area contributed by atoms with Gasteiger partial charge in [0.2, 0.25) is 0 Å². The van der Waals surface area contributed by atoms with Crippen molar-refractivity contribution >= 4 is 11.4 Å². The van der Waals surface area contributed by atoms with Gasteiger partial charge in [-0.05, 0) is 44.2 Å². The van der Waals surface area contributed by atoms with Gasteiger partial charge < -0.3 is 20.9 Å². The van der Waals surface area contributed by atoms with Crippen LogP contribution in [-0.2, 0) is 0 Å². The first-order valence-electron chi connectivity index (χ1n) is 7.14. The highest BCUT2D eigenvalue weighted by atomic mass is 16.5. The van der Waals surface area contributed by atoms with Crippen molar-refractivity contribution < 1.29 is 9.84 Å².